The Morgan fingerprint density at radius 2 is 1.95 bits per heavy atom. The zero-order chi connectivity index (χ0) is 15.1. The Labute approximate surface area is 127 Å². The van der Waals surface area contributed by atoms with Crippen molar-refractivity contribution in [3.8, 4) is 0 Å². The lowest BCUT2D eigenvalue weighted by molar-refractivity contribution is -0.133. The van der Waals surface area contributed by atoms with E-state index in [0.717, 1.165) is 43.5 Å². The fourth-order valence-electron chi connectivity index (χ4n) is 3.04. The highest BCUT2D eigenvalue weighted by molar-refractivity contribution is 5.82. The topological polar surface area (TPSA) is 50.4 Å². The quantitative estimate of drug-likeness (QED) is 0.844. The summed E-state index contributed by atoms with van der Waals surface area (Å²) in [6, 6.07) is 8.10. The van der Waals surface area contributed by atoms with Crippen molar-refractivity contribution in [1.29, 1.82) is 0 Å². The maximum Gasteiger partial charge on any atom is 0.226 e. The summed E-state index contributed by atoms with van der Waals surface area (Å²) in [6.07, 6.45) is 2.75. The molecule has 1 amide bonds. The number of amides is 1. The summed E-state index contributed by atoms with van der Waals surface area (Å²) < 4.78 is 5.21. The smallest absolute Gasteiger partial charge is 0.226 e. The van der Waals surface area contributed by atoms with Gasteiger partial charge in [0.25, 0.3) is 0 Å². The van der Waals surface area contributed by atoms with E-state index in [1.807, 2.05) is 18.2 Å². The maximum absolute atomic E-state index is 12.6. The summed E-state index contributed by atoms with van der Waals surface area (Å²) in [5.41, 5.74) is 2.07. The van der Waals surface area contributed by atoms with Crippen molar-refractivity contribution in [3.63, 3.8) is 0 Å². The van der Waals surface area contributed by atoms with Crippen LogP contribution in [0.3, 0.4) is 0 Å². The molecule has 0 spiro atoms. The number of hydrogen-bond donors (Lipinski definition) is 2. The van der Waals surface area contributed by atoms with Gasteiger partial charge in [-0.2, -0.15) is 0 Å². The largest absolute Gasteiger partial charge is 0.380 e. The van der Waals surface area contributed by atoms with Crippen LogP contribution in [0.25, 0.3) is 0 Å². The van der Waals surface area contributed by atoms with E-state index in [1.54, 1.807) is 7.11 Å². The van der Waals surface area contributed by atoms with Gasteiger partial charge >= 0.3 is 0 Å². The maximum atomic E-state index is 12.6. The lowest BCUT2D eigenvalue weighted by Crippen LogP contribution is -2.47. The molecule has 0 bridgehead atoms. The molecular weight excluding hydrogens is 264 g/mol. The number of carbonyl (C=O) groups is 1. The summed E-state index contributed by atoms with van der Waals surface area (Å²) in [5, 5.41) is 6.47. The van der Waals surface area contributed by atoms with Crippen LogP contribution in [0.1, 0.15) is 37.3 Å². The Hall–Kier alpha value is -1.39. The molecule has 4 heteroatoms. The lowest BCUT2D eigenvalue weighted by atomic mass is 9.76. The first-order valence-electron chi connectivity index (χ1n) is 7.76. The fourth-order valence-corrected chi connectivity index (χ4v) is 3.04. The second kappa shape index (κ2) is 7.57. The molecule has 1 aromatic rings. The van der Waals surface area contributed by atoms with Crippen molar-refractivity contribution >= 4 is 5.91 Å². The molecule has 0 atom stereocenters. The molecule has 0 aliphatic carbocycles. The summed E-state index contributed by atoms with van der Waals surface area (Å²) in [6.45, 7) is 5.13. The van der Waals surface area contributed by atoms with Gasteiger partial charge in [-0.15, -0.1) is 0 Å². The van der Waals surface area contributed by atoms with E-state index < -0.39 is 0 Å². The van der Waals surface area contributed by atoms with Crippen LogP contribution in [-0.4, -0.2) is 26.1 Å². The number of carbonyl (C=O) groups excluding carboxylic acids is 1. The van der Waals surface area contributed by atoms with Gasteiger partial charge in [0, 0.05) is 13.7 Å². The molecule has 1 fully saturated rings. The Bertz CT molecular complexity index is 468. The number of piperidine rings is 1. The molecule has 0 saturated carbocycles. The SMILES string of the molecule is CCC1(C(=O)NCc2ccccc2COC)CCNCC1. The monoisotopic (exact) mass is 290 g/mol. The van der Waals surface area contributed by atoms with Crippen LogP contribution in [0.5, 0.6) is 0 Å². The van der Waals surface area contributed by atoms with Crippen molar-refractivity contribution < 1.29 is 9.53 Å². The second-order valence-electron chi connectivity index (χ2n) is 5.77. The Balaban J connectivity index is 2.00. The molecule has 2 rings (SSSR count). The van der Waals surface area contributed by atoms with Gasteiger partial charge in [-0.05, 0) is 43.5 Å². The number of hydrogen-bond acceptors (Lipinski definition) is 3. The first kappa shape index (κ1) is 16.0. The van der Waals surface area contributed by atoms with Gasteiger partial charge in [-0.25, -0.2) is 0 Å². The van der Waals surface area contributed by atoms with Crippen molar-refractivity contribution in [2.75, 3.05) is 20.2 Å². The average Bonchev–Trinajstić information content (AvgIpc) is 2.54. The highest BCUT2D eigenvalue weighted by atomic mass is 16.5. The van der Waals surface area contributed by atoms with Gasteiger partial charge in [0.05, 0.1) is 12.0 Å². The minimum absolute atomic E-state index is 0.193. The van der Waals surface area contributed by atoms with Crippen LogP contribution in [-0.2, 0) is 22.7 Å². The molecule has 0 unspecified atom stereocenters. The molecule has 21 heavy (non-hydrogen) atoms. The molecule has 1 aromatic carbocycles. The molecule has 1 aliphatic rings. The van der Waals surface area contributed by atoms with Crippen LogP contribution in [0.4, 0.5) is 0 Å². The van der Waals surface area contributed by atoms with Crippen molar-refractivity contribution in [2.45, 2.75) is 39.3 Å². The van der Waals surface area contributed by atoms with Crippen LogP contribution >= 0.6 is 0 Å². The van der Waals surface area contributed by atoms with E-state index in [-0.39, 0.29) is 11.3 Å². The molecule has 1 aliphatic heterocycles. The van der Waals surface area contributed by atoms with Crippen molar-refractivity contribution in [1.82, 2.24) is 10.6 Å². The number of benzene rings is 1. The van der Waals surface area contributed by atoms with Crippen molar-refractivity contribution in [2.24, 2.45) is 5.41 Å². The molecule has 2 N–H and O–H groups in total. The highest BCUT2D eigenvalue weighted by Crippen LogP contribution is 2.32. The van der Waals surface area contributed by atoms with E-state index in [0.29, 0.717) is 13.2 Å². The Morgan fingerprint density at radius 1 is 1.29 bits per heavy atom. The normalized spacial score (nSPS) is 17.4. The fraction of sp³-hybridized carbons (Fsp3) is 0.588. The predicted molar refractivity (Wildman–Crippen MR) is 83.8 cm³/mol. The second-order valence-corrected chi connectivity index (χ2v) is 5.77. The summed E-state index contributed by atoms with van der Waals surface area (Å²) in [7, 11) is 1.69. The molecule has 4 nitrogen and oxygen atoms in total. The zero-order valence-electron chi connectivity index (χ0n) is 13.1. The van der Waals surface area contributed by atoms with E-state index in [9.17, 15) is 4.79 Å². The first-order chi connectivity index (χ1) is 10.2. The highest BCUT2D eigenvalue weighted by Gasteiger charge is 2.37. The minimum atomic E-state index is -0.193. The lowest BCUT2D eigenvalue weighted by Gasteiger charge is -2.35. The molecule has 1 heterocycles. The van der Waals surface area contributed by atoms with Crippen LogP contribution in [0.15, 0.2) is 24.3 Å². The molecular formula is C17H26N2O2. The predicted octanol–water partition coefficient (Wildman–Crippen LogP) is 2.23. The van der Waals surface area contributed by atoms with Gasteiger partial charge in [-0.1, -0.05) is 31.2 Å². The van der Waals surface area contributed by atoms with E-state index in [2.05, 4.69) is 23.6 Å². The number of rotatable bonds is 6. The molecule has 0 radical (unpaired) electrons. The van der Waals surface area contributed by atoms with E-state index in [1.165, 1.54) is 0 Å². The van der Waals surface area contributed by atoms with E-state index >= 15 is 0 Å². The van der Waals surface area contributed by atoms with Gasteiger partial charge in [0.2, 0.25) is 5.91 Å². The van der Waals surface area contributed by atoms with Crippen LogP contribution in [0.2, 0.25) is 0 Å². The van der Waals surface area contributed by atoms with Gasteiger partial charge < -0.3 is 15.4 Å². The van der Waals surface area contributed by atoms with Gasteiger partial charge in [0.15, 0.2) is 0 Å². The van der Waals surface area contributed by atoms with Gasteiger partial charge in [-0.3, -0.25) is 4.79 Å². The summed E-state index contributed by atoms with van der Waals surface area (Å²) >= 11 is 0. The minimum Gasteiger partial charge on any atom is -0.380 e. The zero-order valence-corrected chi connectivity index (χ0v) is 13.1. The van der Waals surface area contributed by atoms with Crippen LogP contribution in [0, 0.1) is 5.41 Å². The third kappa shape index (κ3) is 3.83. The summed E-state index contributed by atoms with van der Waals surface area (Å²) in [5.74, 6) is 0.193. The molecule has 1 saturated heterocycles. The first-order valence-corrected chi connectivity index (χ1v) is 7.76. The average molecular weight is 290 g/mol. The third-order valence-electron chi connectivity index (χ3n) is 4.58. The number of methoxy groups -OCH3 is 1. The standard InChI is InChI=1S/C17H26N2O2/c1-3-17(8-10-18-11-9-17)16(20)19-12-14-6-4-5-7-15(14)13-21-2/h4-7,18H,3,8-13H2,1-2H3,(H,19,20). The number of nitrogens with one attached hydrogen (secondary N) is 2. The Morgan fingerprint density at radius 3 is 2.57 bits per heavy atom. The van der Waals surface area contributed by atoms with Gasteiger partial charge in [0.1, 0.15) is 0 Å². The van der Waals surface area contributed by atoms with Crippen molar-refractivity contribution in [3.05, 3.63) is 35.4 Å². The number of ether oxygens (including phenoxy) is 1. The Kier molecular flexibility index (Phi) is 5.76. The third-order valence-corrected chi connectivity index (χ3v) is 4.58. The summed E-state index contributed by atoms with van der Waals surface area (Å²) in [4.78, 5) is 12.6. The molecule has 0 aromatic heterocycles. The van der Waals surface area contributed by atoms with Crippen LogP contribution < -0.4 is 10.6 Å². The molecule has 116 valence electrons. The van der Waals surface area contributed by atoms with E-state index in [4.69, 9.17) is 4.74 Å².